The van der Waals surface area contributed by atoms with E-state index < -0.39 is 5.60 Å². The van der Waals surface area contributed by atoms with Crippen LogP contribution in [0.3, 0.4) is 0 Å². The summed E-state index contributed by atoms with van der Waals surface area (Å²) in [5, 5.41) is 3.60. The highest BCUT2D eigenvalue weighted by Gasteiger charge is 2.34. The Kier molecular flexibility index (Phi) is 6.51. The van der Waals surface area contributed by atoms with Crippen LogP contribution in [0.5, 0.6) is 0 Å². The molecule has 0 unspecified atom stereocenters. The van der Waals surface area contributed by atoms with Crippen molar-refractivity contribution < 1.29 is 9.53 Å². The molecule has 1 N–H and O–H groups in total. The summed E-state index contributed by atoms with van der Waals surface area (Å²) in [7, 11) is 0. The Labute approximate surface area is 130 Å². The number of ether oxygens (including phenoxy) is 1. The van der Waals surface area contributed by atoms with Crippen LogP contribution < -0.4 is 5.32 Å². The van der Waals surface area contributed by atoms with Crippen molar-refractivity contribution in [3.05, 3.63) is 0 Å². The first-order chi connectivity index (χ1) is 9.58. The molecule has 124 valence electrons. The summed E-state index contributed by atoms with van der Waals surface area (Å²) in [5.74, 6) is 1.20. The fourth-order valence-electron chi connectivity index (χ4n) is 2.89. The number of hydrogen-bond acceptors (Lipinski definition) is 3. The number of hydrogen-bond donors (Lipinski definition) is 1. The molecule has 0 saturated carbocycles. The summed E-state index contributed by atoms with van der Waals surface area (Å²) in [6, 6.07) is 0.615. The molecular formula is C17H34N2O2. The van der Waals surface area contributed by atoms with Gasteiger partial charge in [-0.3, -0.25) is 0 Å². The number of nitrogens with zero attached hydrogens (tertiary/aromatic N) is 1. The lowest BCUT2D eigenvalue weighted by atomic mass is 9.96. The standard InChI is InChI=1S/C17H34N2O2/c1-12(2)8-14-11-19(16(20)21-17(5,6)7)15(10-18-14)9-13(3)4/h12-15,18H,8-11H2,1-7H3/t14-,15+/m0/s1. The van der Waals surface area contributed by atoms with Gasteiger partial charge in [0.05, 0.1) is 0 Å². The van der Waals surface area contributed by atoms with Crippen LogP contribution in [0.2, 0.25) is 0 Å². The molecule has 4 nitrogen and oxygen atoms in total. The van der Waals surface area contributed by atoms with Crippen molar-refractivity contribution in [3.8, 4) is 0 Å². The van der Waals surface area contributed by atoms with Crippen LogP contribution in [0.4, 0.5) is 4.79 Å². The number of carbonyl (C=O) groups excluding carboxylic acids is 1. The third kappa shape index (κ3) is 6.68. The quantitative estimate of drug-likeness (QED) is 0.861. The van der Waals surface area contributed by atoms with Crippen molar-refractivity contribution in [2.24, 2.45) is 11.8 Å². The second-order valence-corrected chi connectivity index (χ2v) is 8.15. The van der Waals surface area contributed by atoms with Gasteiger partial charge in [0.15, 0.2) is 0 Å². The van der Waals surface area contributed by atoms with E-state index in [4.69, 9.17) is 4.74 Å². The molecule has 0 aromatic carbocycles. The maximum Gasteiger partial charge on any atom is 0.410 e. The highest BCUT2D eigenvalue weighted by molar-refractivity contribution is 5.68. The lowest BCUT2D eigenvalue weighted by Crippen LogP contribution is -2.59. The maximum absolute atomic E-state index is 12.5. The number of nitrogens with one attached hydrogen (secondary N) is 1. The fourth-order valence-corrected chi connectivity index (χ4v) is 2.89. The lowest BCUT2D eigenvalue weighted by Gasteiger charge is -2.42. The second-order valence-electron chi connectivity index (χ2n) is 8.15. The SMILES string of the molecule is CC(C)C[C@H]1CN(C(=O)OC(C)(C)C)[C@H](CC(C)C)CN1. The zero-order valence-corrected chi connectivity index (χ0v) is 14.9. The van der Waals surface area contributed by atoms with Gasteiger partial charge in [0, 0.05) is 25.2 Å². The molecule has 4 heteroatoms. The van der Waals surface area contributed by atoms with Gasteiger partial charge in [-0.1, -0.05) is 27.7 Å². The predicted octanol–water partition coefficient (Wildman–Crippen LogP) is 3.66. The van der Waals surface area contributed by atoms with Crippen molar-refractivity contribution in [2.75, 3.05) is 13.1 Å². The van der Waals surface area contributed by atoms with E-state index in [1.54, 1.807) is 0 Å². The summed E-state index contributed by atoms with van der Waals surface area (Å²) in [4.78, 5) is 14.5. The van der Waals surface area contributed by atoms with Gasteiger partial charge in [0.2, 0.25) is 0 Å². The molecule has 0 radical (unpaired) electrons. The molecule has 1 amide bonds. The van der Waals surface area contributed by atoms with Crippen molar-refractivity contribution >= 4 is 6.09 Å². The zero-order valence-electron chi connectivity index (χ0n) is 14.9. The molecule has 1 heterocycles. The Morgan fingerprint density at radius 3 is 2.24 bits per heavy atom. The first kappa shape index (κ1) is 18.3. The topological polar surface area (TPSA) is 41.6 Å². The fraction of sp³-hybridized carbons (Fsp3) is 0.941. The van der Waals surface area contributed by atoms with Crippen LogP contribution >= 0.6 is 0 Å². The van der Waals surface area contributed by atoms with Gasteiger partial charge in [-0.05, 0) is 45.4 Å². The molecule has 0 bridgehead atoms. The molecule has 1 saturated heterocycles. The molecule has 21 heavy (non-hydrogen) atoms. The van der Waals surface area contributed by atoms with Gasteiger partial charge >= 0.3 is 6.09 Å². The Hall–Kier alpha value is -0.770. The van der Waals surface area contributed by atoms with E-state index in [9.17, 15) is 4.79 Å². The van der Waals surface area contributed by atoms with E-state index in [-0.39, 0.29) is 12.1 Å². The number of amides is 1. The first-order valence-corrected chi connectivity index (χ1v) is 8.31. The van der Waals surface area contributed by atoms with Crippen LogP contribution in [-0.4, -0.2) is 41.8 Å². The Bertz CT molecular complexity index is 334. The molecule has 0 aromatic rings. The molecule has 1 fully saturated rings. The minimum atomic E-state index is -0.433. The average Bonchev–Trinajstić information content (AvgIpc) is 2.27. The first-order valence-electron chi connectivity index (χ1n) is 8.31. The number of carbonyl (C=O) groups is 1. The smallest absolute Gasteiger partial charge is 0.410 e. The second kappa shape index (κ2) is 7.48. The lowest BCUT2D eigenvalue weighted by molar-refractivity contribution is 0.00397. The molecule has 1 aliphatic heterocycles. The van der Waals surface area contributed by atoms with Crippen molar-refractivity contribution in [2.45, 2.75) is 79.0 Å². The van der Waals surface area contributed by atoms with E-state index >= 15 is 0 Å². The Morgan fingerprint density at radius 2 is 1.76 bits per heavy atom. The van der Waals surface area contributed by atoms with Gasteiger partial charge in [-0.25, -0.2) is 4.79 Å². The van der Waals surface area contributed by atoms with E-state index in [1.807, 2.05) is 25.7 Å². The summed E-state index contributed by atoms with van der Waals surface area (Å²) in [5.41, 5.74) is -0.433. The largest absolute Gasteiger partial charge is 0.444 e. The summed E-state index contributed by atoms with van der Waals surface area (Å²) in [6.07, 6.45) is 1.94. The van der Waals surface area contributed by atoms with Gasteiger partial charge in [0.1, 0.15) is 5.60 Å². The highest BCUT2D eigenvalue weighted by atomic mass is 16.6. The van der Waals surface area contributed by atoms with Crippen LogP contribution in [0.1, 0.15) is 61.3 Å². The van der Waals surface area contributed by atoms with E-state index in [2.05, 4.69) is 33.0 Å². The maximum atomic E-state index is 12.5. The predicted molar refractivity (Wildman–Crippen MR) is 87.4 cm³/mol. The number of rotatable bonds is 4. The van der Waals surface area contributed by atoms with E-state index in [0.29, 0.717) is 17.9 Å². The van der Waals surface area contributed by atoms with Crippen molar-refractivity contribution in [1.82, 2.24) is 10.2 Å². The minimum absolute atomic E-state index is 0.164. The molecular weight excluding hydrogens is 264 g/mol. The van der Waals surface area contributed by atoms with Crippen LogP contribution in [0.15, 0.2) is 0 Å². The summed E-state index contributed by atoms with van der Waals surface area (Å²) in [6.45, 7) is 16.3. The molecule has 0 spiro atoms. The molecule has 2 atom stereocenters. The Morgan fingerprint density at radius 1 is 1.19 bits per heavy atom. The monoisotopic (exact) mass is 298 g/mol. The van der Waals surface area contributed by atoms with Gasteiger partial charge in [-0.15, -0.1) is 0 Å². The van der Waals surface area contributed by atoms with E-state index in [1.165, 1.54) is 0 Å². The third-order valence-electron chi connectivity index (χ3n) is 3.63. The third-order valence-corrected chi connectivity index (χ3v) is 3.63. The van der Waals surface area contributed by atoms with Crippen LogP contribution in [0, 0.1) is 11.8 Å². The number of piperazine rings is 1. The normalized spacial score (nSPS) is 23.8. The molecule has 1 aliphatic rings. The van der Waals surface area contributed by atoms with Gasteiger partial charge < -0.3 is 15.0 Å². The zero-order chi connectivity index (χ0) is 16.2. The average molecular weight is 298 g/mol. The highest BCUT2D eigenvalue weighted by Crippen LogP contribution is 2.21. The molecule has 0 aliphatic carbocycles. The van der Waals surface area contributed by atoms with Gasteiger partial charge in [-0.2, -0.15) is 0 Å². The summed E-state index contributed by atoms with van der Waals surface area (Å²) >= 11 is 0. The van der Waals surface area contributed by atoms with Crippen LogP contribution in [0.25, 0.3) is 0 Å². The van der Waals surface area contributed by atoms with Crippen molar-refractivity contribution in [1.29, 1.82) is 0 Å². The molecule has 0 aromatic heterocycles. The summed E-state index contributed by atoms with van der Waals surface area (Å²) < 4.78 is 5.60. The van der Waals surface area contributed by atoms with Gasteiger partial charge in [0.25, 0.3) is 0 Å². The Balaban J connectivity index is 2.75. The van der Waals surface area contributed by atoms with Crippen molar-refractivity contribution in [3.63, 3.8) is 0 Å². The minimum Gasteiger partial charge on any atom is -0.444 e. The van der Waals surface area contributed by atoms with E-state index in [0.717, 1.165) is 25.9 Å². The van der Waals surface area contributed by atoms with Crippen LogP contribution in [-0.2, 0) is 4.74 Å². The molecule has 1 rings (SSSR count).